The summed E-state index contributed by atoms with van der Waals surface area (Å²) in [6.45, 7) is 9.47. The van der Waals surface area contributed by atoms with Gasteiger partial charge in [-0.2, -0.15) is 0 Å². The van der Waals surface area contributed by atoms with Crippen LogP contribution < -0.4 is 0 Å². The van der Waals surface area contributed by atoms with Crippen LogP contribution in [-0.4, -0.2) is 34.1 Å². The van der Waals surface area contributed by atoms with Crippen molar-refractivity contribution in [1.82, 2.24) is 0 Å². The van der Waals surface area contributed by atoms with E-state index >= 15 is 0 Å². The second kappa shape index (κ2) is 3.33. The van der Waals surface area contributed by atoms with Gasteiger partial charge in [0.2, 0.25) is 0 Å². The van der Waals surface area contributed by atoms with Gasteiger partial charge >= 0.3 is 81.7 Å². The minimum atomic E-state index is -0.350. The first-order chi connectivity index (χ1) is 4.63. The van der Waals surface area contributed by atoms with Crippen molar-refractivity contribution in [3.63, 3.8) is 0 Å². The van der Waals surface area contributed by atoms with Crippen LogP contribution >= 0.6 is 0 Å². The zero-order valence-electron chi connectivity index (χ0n) is 7.89. The summed E-state index contributed by atoms with van der Waals surface area (Å²) in [5.41, 5.74) is -0.350. The number of carbonyl (C=O) groups excluding carboxylic acids is 1. The molecule has 0 N–H and O–H groups in total. The molecule has 0 rings (SSSR count). The molecule has 0 atom stereocenters. The molecule has 0 unspecified atom stereocenters. The van der Waals surface area contributed by atoms with Crippen LogP contribution in [0.4, 0.5) is 0 Å². The summed E-state index contributed by atoms with van der Waals surface area (Å²) in [5, 5.41) is 0. The fourth-order valence-corrected chi connectivity index (χ4v) is 0.578. The van der Waals surface area contributed by atoms with E-state index in [9.17, 15) is 4.79 Å². The van der Waals surface area contributed by atoms with E-state index in [0.29, 0.717) is 0 Å². The van der Waals surface area contributed by atoms with Crippen LogP contribution in [0.2, 0.25) is 3.43 Å². The Morgan fingerprint density at radius 2 is 1.55 bits per heavy atom. The van der Waals surface area contributed by atoms with Crippen molar-refractivity contribution in [3.8, 4) is 0 Å². The Balaban J connectivity index is 4.11. The van der Waals surface area contributed by atoms with Crippen LogP contribution in [0.25, 0.3) is 0 Å². The van der Waals surface area contributed by atoms with E-state index in [4.69, 9.17) is 4.74 Å². The summed E-state index contributed by atoms with van der Waals surface area (Å²) in [5.74, 6) is -0.0904. The predicted octanol–water partition coefficient (Wildman–Crippen LogP) is 1.43. The van der Waals surface area contributed by atoms with Gasteiger partial charge in [-0.05, 0) is 0 Å². The van der Waals surface area contributed by atoms with E-state index in [1.54, 1.807) is 0 Å². The Labute approximate surface area is 81.8 Å². The van der Waals surface area contributed by atoms with E-state index < -0.39 is 0 Å². The van der Waals surface area contributed by atoms with E-state index in [1.165, 1.54) is 0 Å². The topological polar surface area (TPSA) is 26.3 Å². The van der Waals surface area contributed by atoms with Crippen LogP contribution in [-0.2, 0) is 9.53 Å². The van der Waals surface area contributed by atoms with Gasteiger partial charge in [-0.3, -0.25) is 0 Å². The van der Waals surface area contributed by atoms with Crippen molar-refractivity contribution in [2.75, 3.05) is 0 Å². The number of esters is 1. The average molecular weight is 263 g/mol. The van der Waals surface area contributed by atoms with Gasteiger partial charge in [0.1, 0.15) is 0 Å². The third-order valence-electron chi connectivity index (χ3n) is 0.925. The molecule has 11 heavy (non-hydrogen) atoms. The van der Waals surface area contributed by atoms with Crippen molar-refractivity contribution in [3.05, 3.63) is 0 Å². The Bertz CT molecular complexity index is 150. The molecule has 0 aromatic heterocycles. The van der Waals surface area contributed by atoms with Crippen LogP contribution in [0, 0.1) is 0 Å². The Morgan fingerprint density at radius 1 is 1.18 bits per heavy atom. The summed E-state index contributed by atoms with van der Waals surface area (Å²) >= 11 is 0.896. The minimum absolute atomic E-state index is 0.0904. The molecule has 0 heterocycles. The predicted molar refractivity (Wildman–Crippen MR) is 47.0 cm³/mol. The van der Waals surface area contributed by atoms with Crippen LogP contribution in [0.1, 0.15) is 34.6 Å². The van der Waals surface area contributed by atoms with Crippen LogP contribution in [0.5, 0.6) is 0 Å². The molecule has 0 spiro atoms. The van der Waals surface area contributed by atoms with Crippen LogP contribution in [0.3, 0.4) is 0 Å². The third-order valence-corrected chi connectivity index (χ3v) is 1.60. The number of carbonyl (C=O) groups is 1. The van der Waals surface area contributed by atoms with Crippen molar-refractivity contribution >= 4 is 28.5 Å². The second-order valence-corrected chi connectivity index (χ2v) is 8.34. The molecule has 3 heteroatoms. The van der Waals surface area contributed by atoms with E-state index in [-0.39, 0.29) is 15.0 Å². The Morgan fingerprint density at radius 3 is 1.64 bits per heavy atom. The number of hydrogen-bond acceptors (Lipinski definition) is 2. The molecule has 0 amide bonds. The summed E-state index contributed by atoms with van der Waals surface area (Å²) in [6.07, 6.45) is 0. The zero-order valence-corrected chi connectivity index (χ0v) is 11.2. The molecule has 64 valence electrons. The molecule has 0 saturated carbocycles. The van der Waals surface area contributed by atoms with Gasteiger partial charge in [-0.1, -0.05) is 0 Å². The molecule has 0 bridgehead atoms. The summed E-state index contributed by atoms with van der Waals surface area (Å²) in [7, 11) is 0. The fraction of sp³-hybridized carbons (Fsp3) is 0.875. The van der Waals surface area contributed by atoms with Gasteiger partial charge < -0.3 is 0 Å². The van der Waals surface area contributed by atoms with E-state index in [2.05, 4.69) is 0 Å². The number of rotatable bonds is 1. The molecular formula is C8H16O2Sn. The zero-order chi connectivity index (χ0) is 9.28. The molecule has 0 aliphatic rings. The maximum absolute atomic E-state index is 11.3. The van der Waals surface area contributed by atoms with Gasteiger partial charge in [0.25, 0.3) is 0 Å². The van der Waals surface area contributed by atoms with E-state index in [0.717, 1.165) is 22.5 Å². The first-order valence-electron chi connectivity index (χ1n) is 3.65. The Kier molecular flexibility index (Phi) is 3.41. The van der Waals surface area contributed by atoms with Gasteiger partial charge in [0.15, 0.2) is 0 Å². The van der Waals surface area contributed by atoms with Gasteiger partial charge in [-0.15, -0.1) is 0 Å². The van der Waals surface area contributed by atoms with E-state index in [1.807, 2.05) is 34.6 Å². The number of hydrogen-bond donors (Lipinski definition) is 0. The van der Waals surface area contributed by atoms with Gasteiger partial charge in [0.05, 0.1) is 0 Å². The SMILES string of the molecule is CC(C)(C)OC(=O)[C](C)(C)[SnH]. The molecule has 0 aromatic rings. The first-order valence-corrected chi connectivity index (χ1v) is 5.30. The average Bonchev–Trinajstić information content (AvgIpc) is 1.56. The second-order valence-electron chi connectivity index (χ2n) is 4.22. The third kappa shape index (κ3) is 5.53. The first kappa shape index (κ1) is 11.3. The maximum atomic E-state index is 11.3. The Hall–Kier alpha value is 0.269. The standard InChI is InChI=1S/C8H15O2.Sn.H/c1-6(2)7(9)10-8(3,4)5;;/h1-5H3;;. The normalized spacial score (nSPS) is 12.9. The molecule has 0 aliphatic heterocycles. The van der Waals surface area contributed by atoms with Crippen molar-refractivity contribution in [2.45, 2.75) is 43.7 Å². The van der Waals surface area contributed by atoms with Crippen molar-refractivity contribution in [1.29, 1.82) is 0 Å². The van der Waals surface area contributed by atoms with Gasteiger partial charge in [0, 0.05) is 0 Å². The molecule has 0 aliphatic carbocycles. The molecule has 0 saturated heterocycles. The van der Waals surface area contributed by atoms with Crippen molar-refractivity contribution in [2.24, 2.45) is 0 Å². The van der Waals surface area contributed by atoms with Crippen molar-refractivity contribution < 1.29 is 9.53 Å². The van der Waals surface area contributed by atoms with Crippen LogP contribution in [0.15, 0.2) is 0 Å². The number of ether oxygens (including phenoxy) is 1. The summed E-state index contributed by atoms with van der Waals surface area (Å²) in [4.78, 5) is 11.3. The quantitative estimate of drug-likeness (QED) is 0.528. The summed E-state index contributed by atoms with van der Waals surface area (Å²) in [6, 6.07) is 0. The molecule has 2 radical (unpaired) electrons. The fourth-order valence-electron chi connectivity index (χ4n) is 0.410. The van der Waals surface area contributed by atoms with Gasteiger partial charge in [-0.25, -0.2) is 0 Å². The molecule has 0 aromatic carbocycles. The molecule has 0 fully saturated rings. The summed E-state index contributed by atoms with van der Waals surface area (Å²) < 4.78 is 4.93. The monoisotopic (exact) mass is 264 g/mol. The molecule has 2 nitrogen and oxygen atoms in total. The molecular weight excluding hydrogens is 247 g/mol.